The zero-order chi connectivity index (χ0) is 27.9. The third-order valence-electron chi connectivity index (χ3n) is 9.11. The Balaban J connectivity index is 1.60. The lowest BCUT2D eigenvalue weighted by molar-refractivity contribution is -0.146. The first kappa shape index (κ1) is 27.1. The lowest BCUT2D eigenvalue weighted by Gasteiger charge is -2.45. The Bertz CT molecular complexity index is 1450. The molecule has 39 heavy (non-hydrogen) atoms. The first-order valence-electron chi connectivity index (χ1n) is 13.9. The van der Waals surface area contributed by atoms with Gasteiger partial charge in [-0.25, -0.2) is 0 Å². The topological polar surface area (TPSA) is 113 Å². The molecule has 1 aromatic rings. The number of fused-ring (bicyclic) bond motifs is 1. The Labute approximate surface area is 228 Å². The van der Waals surface area contributed by atoms with Crippen molar-refractivity contribution in [2.24, 2.45) is 34.1 Å². The van der Waals surface area contributed by atoms with Gasteiger partial charge in [0.1, 0.15) is 11.2 Å². The van der Waals surface area contributed by atoms with Crippen molar-refractivity contribution in [3.05, 3.63) is 70.3 Å². The molecule has 1 spiro atoms. The van der Waals surface area contributed by atoms with E-state index in [2.05, 4.69) is 10.3 Å². The van der Waals surface area contributed by atoms with Gasteiger partial charge in [-0.1, -0.05) is 56.4 Å². The molecule has 2 aliphatic heterocycles. The molecule has 1 aromatic carbocycles. The summed E-state index contributed by atoms with van der Waals surface area (Å²) in [5.74, 6) is -3.06. The second-order valence-electron chi connectivity index (χ2n) is 11.5. The van der Waals surface area contributed by atoms with Gasteiger partial charge in [0.15, 0.2) is 0 Å². The third-order valence-corrected chi connectivity index (χ3v) is 9.11. The Hall–Kier alpha value is -3.45. The van der Waals surface area contributed by atoms with Crippen LogP contribution in [0.2, 0.25) is 0 Å². The molecule has 4 aliphatic rings. The molecule has 1 amide bonds. The number of allylic oxidation sites excluding steroid dienone is 5. The molecule has 7 heteroatoms. The highest BCUT2D eigenvalue weighted by Crippen LogP contribution is 2.55. The Morgan fingerprint density at radius 3 is 2.62 bits per heavy atom. The fraction of sp³-hybridized carbons (Fsp3) is 0.469. The lowest BCUT2D eigenvalue weighted by Crippen LogP contribution is -2.52. The van der Waals surface area contributed by atoms with E-state index >= 15 is 0 Å². The molecule has 204 valence electrons. The highest BCUT2D eigenvalue weighted by molar-refractivity contribution is 6.43. The molecule has 0 bridgehead atoms. The largest absolute Gasteiger partial charge is 0.392 e. The lowest BCUT2D eigenvalue weighted by atomic mass is 9.54. The summed E-state index contributed by atoms with van der Waals surface area (Å²) in [4.78, 5) is 58.3. The molecule has 0 aromatic heterocycles. The zero-order valence-corrected chi connectivity index (χ0v) is 22.8. The zero-order valence-electron chi connectivity index (χ0n) is 22.8. The van der Waals surface area contributed by atoms with Crippen LogP contribution in [0.25, 0.3) is 5.57 Å². The van der Waals surface area contributed by atoms with Gasteiger partial charge in [-0.05, 0) is 54.4 Å². The number of Topliss-reactive ketones (excluding diaryl/α,β-unsaturated/α-hetero) is 3. The number of carbonyl (C=O) groups excluding carboxylic acids is 4. The predicted octanol–water partition coefficient (Wildman–Crippen LogP) is 2.18. The van der Waals surface area contributed by atoms with Gasteiger partial charge >= 0.3 is 0 Å². The second-order valence-corrected chi connectivity index (χ2v) is 11.5. The Morgan fingerprint density at radius 2 is 1.85 bits per heavy atom. The number of hydrogen-bond acceptors (Lipinski definition) is 6. The number of para-hydroxylation sites is 1. The van der Waals surface area contributed by atoms with Gasteiger partial charge in [0.25, 0.3) is 0 Å². The summed E-state index contributed by atoms with van der Waals surface area (Å²) < 4.78 is 0. The van der Waals surface area contributed by atoms with Crippen LogP contribution in [0.5, 0.6) is 0 Å². The number of nitrogens with one attached hydrogen (secondary N) is 1. The Kier molecular flexibility index (Phi) is 7.38. The van der Waals surface area contributed by atoms with E-state index in [9.17, 15) is 24.3 Å². The fourth-order valence-electron chi connectivity index (χ4n) is 7.18. The molecule has 7 nitrogen and oxygen atoms in total. The molecular weight excluding hydrogens is 492 g/mol. The highest BCUT2D eigenvalue weighted by atomic mass is 16.3. The van der Waals surface area contributed by atoms with Gasteiger partial charge < -0.3 is 10.4 Å². The maximum Gasteiger partial charge on any atom is 0.235 e. The SMILES string of the molecule is C/C1=C\[C@@H](C)C/C=C/[C@@H]2C=C(CO)C(C)[C@H]3[C@H](CC4=c5ccccc5=NC4)NC(=O)[C@]23C(=O)CCC(=O)C1=O. The van der Waals surface area contributed by atoms with E-state index in [1.807, 2.05) is 56.3 Å². The molecule has 1 saturated heterocycles. The molecule has 2 N–H and O–H groups in total. The van der Waals surface area contributed by atoms with Crippen LogP contribution in [0.15, 0.2) is 64.7 Å². The number of hydrogen-bond donors (Lipinski definition) is 2. The standard InChI is InChI=1S/C32H36N2O5/c1-18-7-6-8-23-14-22(17-35)20(3)29-26(15-21-16-33-25-10-5-4-9-24(21)25)34-31(39)32(23,29)28(37)12-11-27(36)30(38)19(2)13-18/h4-6,8-10,13-14,18,20,23,26,29,35H,7,11-12,15-17H2,1-3H3,(H,34,39)/b8-6+,19-13+/t18-,20?,23+,26-,29-,32-/m0/s1. The average molecular weight is 529 g/mol. The van der Waals surface area contributed by atoms with Crippen LogP contribution in [0, 0.1) is 29.1 Å². The summed E-state index contributed by atoms with van der Waals surface area (Å²) in [7, 11) is 0. The molecule has 0 saturated carbocycles. The average Bonchev–Trinajstić information content (AvgIpc) is 3.46. The molecule has 5 rings (SSSR count). The first-order chi connectivity index (χ1) is 18.7. The minimum Gasteiger partial charge on any atom is -0.392 e. The molecular formula is C32H36N2O5. The fourth-order valence-corrected chi connectivity index (χ4v) is 7.18. The molecule has 2 aliphatic carbocycles. The number of aliphatic hydroxyl groups is 1. The second kappa shape index (κ2) is 10.6. The van der Waals surface area contributed by atoms with Crippen molar-refractivity contribution in [1.82, 2.24) is 5.32 Å². The smallest absolute Gasteiger partial charge is 0.235 e. The van der Waals surface area contributed by atoms with Crippen LogP contribution in [-0.4, -0.2) is 47.6 Å². The summed E-state index contributed by atoms with van der Waals surface area (Å²) >= 11 is 0. The summed E-state index contributed by atoms with van der Waals surface area (Å²) in [6, 6.07) is 7.59. The third kappa shape index (κ3) is 4.56. The normalized spacial score (nSPS) is 35.2. The molecule has 1 fully saturated rings. The van der Waals surface area contributed by atoms with Crippen molar-refractivity contribution in [1.29, 1.82) is 0 Å². The van der Waals surface area contributed by atoms with E-state index in [0.717, 1.165) is 21.7 Å². The van der Waals surface area contributed by atoms with Gasteiger partial charge in [0, 0.05) is 35.9 Å². The van der Waals surface area contributed by atoms with Crippen molar-refractivity contribution in [3.8, 4) is 0 Å². The van der Waals surface area contributed by atoms with Crippen LogP contribution in [-0.2, 0) is 19.2 Å². The highest BCUT2D eigenvalue weighted by Gasteiger charge is 2.65. The maximum absolute atomic E-state index is 14.2. The van der Waals surface area contributed by atoms with Gasteiger partial charge in [-0.15, -0.1) is 0 Å². The van der Waals surface area contributed by atoms with Crippen molar-refractivity contribution >= 4 is 28.8 Å². The summed E-state index contributed by atoms with van der Waals surface area (Å²) in [5, 5.41) is 15.5. The summed E-state index contributed by atoms with van der Waals surface area (Å²) in [6.07, 6.45) is 8.27. The van der Waals surface area contributed by atoms with Crippen molar-refractivity contribution in [2.45, 2.75) is 52.5 Å². The molecule has 2 heterocycles. The Morgan fingerprint density at radius 1 is 1.08 bits per heavy atom. The number of ketones is 3. The van der Waals surface area contributed by atoms with Gasteiger partial charge in [0.2, 0.25) is 17.5 Å². The van der Waals surface area contributed by atoms with Crippen molar-refractivity contribution < 1.29 is 24.3 Å². The van der Waals surface area contributed by atoms with Crippen molar-refractivity contribution in [2.75, 3.05) is 13.2 Å². The number of rotatable bonds is 3. The number of amides is 1. The van der Waals surface area contributed by atoms with E-state index in [1.54, 1.807) is 13.0 Å². The quantitative estimate of drug-likeness (QED) is 0.355. The van der Waals surface area contributed by atoms with E-state index in [0.29, 0.717) is 25.0 Å². The van der Waals surface area contributed by atoms with Crippen molar-refractivity contribution in [3.63, 3.8) is 0 Å². The molecule has 1 unspecified atom stereocenters. The van der Waals surface area contributed by atoms with Crippen LogP contribution in [0.1, 0.15) is 46.5 Å². The number of nitrogens with zero attached hydrogens (tertiary/aromatic N) is 1. The minimum absolute atomic E-state index is 0.00209. The van der Waals surface area contributed by atoms with E-state index < -0.39 is 28.8 Å². The van der Waals surface area contributed by atoms with Crippen LogP contribution >= 0.6 is 0 Å². The summed E-state index contributed by atoms with van der Waals surface area (Å²) in [6.45, 7) is 5.95. The monoisotopic (exact) mass is 528 g/mol. The maximum atomic E-state index is 14.2. The number of benzene rings is 1. The van der Waals surface area contributed by atoms with Gasteiger partial charge in [-0.2, -0.15) is 0 Å². The molecule has 0 radical (unpaired) electrons. The number of carbonyl (C=O) groups is 4. The van der Waals surface area contributed by atoms with E-state index in [4.69, 9.17) is 0 Å². The minimum atomic E-state index is -1.42. The van der Waals surface area contributed by atoms with Gasteiger partial charge in [0.05, 0.1) is 18.5 Å². The van der Waals surface area contributed by atoms with Crippen LogP contribution in [0.3, 0.4) is 0 Å². The van der Waals surface area contributed by atoms with Gasteiger partial charge in [-0.3, -0.25) is 24.2 Å². The first-order valence-corrected chi connectivity index (χ1v) is 13.9. The van der Waals surface area contributed by atoms with E-state index in [-0.39, 0.29) is 49.0 Å². The predicted molar refractivity (Wildman–Crippen MR) is 147 cm³/mol. The van der Waals surface area contributed by atoms with Crippen LogP contribution in [0.4, 0.5) is 0 Å². The van der Waals surface area contributed by atoms with Crippen LogP contribution < -0.4 is 15.9 Å². The van der Waals surface area contributed by atoms with E-state index in [1.165, 1.54) is 0 Å². The number of aliphatic hydroxyl groups excluding tert-OH is 1. The molecule has 6 atom stereocenters. The summed E-state index contributed by atoms with van der Waals surface area (Å²) in [5.41, 5.74) is 0.883.